The first kappa shape index (κ1) is 31.3. The normalized spacial score (nSPS) is 18.5. The van der Waals surface area contributed by atoms with E-state index in [1.54, 1.807) is 17.0 Å². The summed E-state index contributed by atoms with van der Waals surface area (Å²) in [6.07, 6.45) is -3.70. The maximum Gasteiger partial charge on any atom is 0.410 e. The van der Waals surface area contributed by atoms with E-state index in [0.29, 0.717) is 49.0 Å². The van der Waals surface area contributed by atoms with E-state index in [1.165, 1.54) is 27.5 Å². The topological polar surface area (TPSA) is 81.1 Å². The number of halogens is 3. The van der Waals surface area contributed by atoms with Crippen molar-refractivity contribution >= 4 is 11.7 Å². The molecule has 4 aromatic rings. The van der Waals surface area contributed by atoms with Crippen LogP contribution in [0.3, 0.4) is 0 Å². The molecule has 46 heavy (non-hydrogen) atoms. The van der Waals surface area contributed by atoms with Gasteiger partial charge in [0, 0.05) is 32.6 Å². The lowest BCUT2D eigenvalue weighted by atomic mass is 9.95. The van der Waals surface area contributed by atoms with Crippen molar-refractivity contribution in [1.29, 1.82) is 0 Å². The average molecular weight is 636 g/mol. The van der Waals surface area contributed by atoms with Crippen molar-refractivity contribution < 1.29 is 32.2 Å². The van der Waals surface area contributed by atoms with Gasteiger partial charge in [-0.05, 0) is 28.8 Å². The van der Waals surface area contributed by atoms with Crippen molar-refractivity contribution in [2.75, 3.05) is 52.8 Å². The van der Waals surface area contributed by atoms with Crippen molar-refractivity contribution in [3.8, 4) is 17.2 Å². The highest BCUT2D eigenvalue weighted by atomic mass is 19.4. The molecule has 9 nitrogen and oxygen atoms in total. The Morgan fingerprint density at radius 3 is 1.93 bits per heavy atom. The maximum atomic E-state index is 14.4. The SMILES string of the molecule is COc1cc([C@H]2C[C@H](C(F)(F)F)n3ncc(C(=O)N4CCN(C(c5ccccc5)c5ccccc5)CC4)c3N2)cc(OC)c1OC. The van der Waals surface area contributed by atoms with Crippen molar-refractivity contribution in [3.05, 3.63) is 101 Å². The van der Waals surface area contributed by atoms with E-state index in [4.69, 9.17) is 14.2 Å². The van der Waals surface area contributed by atoms with Crippen molar-refractivity contribution in [3.63, 3.8) is 0 Å². The highest BCUT2D eigenvalue weighted by molar-refractivity contribution is 5.99. The number of nitrogens with zero attached hydrogens (tertiary/aromatic N) is 4. The molecule has 0 radical (unpaired) electrons. The Kier molecular flexibility index (Phi) is 8.81. The van der Waals surface area contributed by atoms with Crippen molar-refractivity contribution in [2.24, 2.45) is 0 Å². The first-order chi connectivity index (χ1) is 22.2. The first-order valence-electron chi connectivity index (χ1n) is 15.1. The fourth-order valence-electron chi connectivity index (χ4n) is 6.48. The molecule has 0 saturated carbocycles. The van der Waals surface area contributed by atoms with Crippen LogP contribution in [0.5, 0.6) is 17.2 Å². The largest absolute Gasteiger partial charge is 0.493 e. The minimum Gasteiger partial charge on any atom is -0.493 e. The van der Waals surface area contributed by atoms with Crippen LogP contribution in [0, 0.1) is 0 Å². The molecule has 0 aliphatic carbocycles. The number of hydrogen-bond donors (Lipinski definition) is 1. The lowest BCUT2D eigenvalue weighted by Gasteiger charge is -2.40. The van der Waals surface area contributed by atoms with E-state index in [1.807, 2.05) is 36.4 Å². The van der Waals surface area contributed by atoms with Crippen molar-refractivity contribution in [1.82, 2.24) is 19.6 Å². The van der Waals surface area contributed by atoms with Gasteiger partial charge in [0.2, 0.25) is 5.75 Å². The monoisotopic (exact) mass is 635 g/mol. The number of rotatable bonds is 8. The Morgan fingerprint density at radius 1 is 0.870 bits per heavy atom. The van der Waals surface area contributed by atoms with Gasteiger partial charge in [0.1, 0.15) is 11.4 Å². The summed E-state index contributed by atoms with van der Waals surface area (Å²) in [5.41, 5.74) is 2.90. The third-order valence-corrected chi connectivity index (χ3v) is 8.76. The van der Waals surface area contributed by atoms with Crippen LogP contribution in [-0.2, 0) is 0 Å². The number of anilines is 1. The van der Waals surface area contributed by atoms with Crippen LogP contribution < -0.4 is 19.5 Å². The van der Waals surface area contributed by atoms with Gasteiger partial charge in [-0.15, -0.1) is 0 Å². The Hall–Kier alpha value is -4.71. The van der Waals surface area contributed by atoms with Crippen molar-refractivity contribution in [2.45, 2.75) is 30.7 Å². The molecule has 3 heterocycles. The minimum absolute atomic E-state index is 0.0111. The lowest BCUT2D eigenvalue weighted by molar-refractivity contribution is -0.173. The second kappa shape index (κ2) is 13.0. The zero-order chi connectivity index (χ0) is 32.4. The van der Waals surface area contributed by atoms with Gasteiger partial charge < -0.3 is 24.4 Å². The molecular formula is C34H36F3N5O4. The van der Waals surface area contributed by atoms with E-state index in [0.717, 1.165) is 15.8 Å². The number of aromatic nitrogens is 2. The molecule has 0 unspecified atom stereocenters. The third kappa shape index (κ3) is 5.96. The lowest BCUT2D eigenvalue weighted by Crippen LogP contribution is -2.50. The number of methoxy groups -OCH3 is 3. The summed E-state index contributed by atoms with van der Waals surface area (Å²) in [5, 5.41) is 7.26. The smallest absolute Gasteiger partial charge is 0.410 e. The van der Waals surface area contributed by atoms with Crippen LogP contribution in [0.1, 0.15) is 51.6 Å². The molecule has 0 spiro atoms. The van der Waals surface area contributed by atoms with E-state index in [-0.39, 0.29) is 29.8 Å². The second-order valence-corrected chi connectivity index (χ2v) is 11.4. The molecule has 0 bridgehead atoms. The van der Waals surface area contributed by atoms with Crippen LogP contribution in [-0.4, -0.2) is 79.2 Å². The zero-order valence-electron chi connectivity index (χ0n) is 25.8. The summed E-state index contributed by atoms with van der Waals surface area (Å²) < 4.78 is 60.4. The molecule has 2 aliphatic heterocycles. The number of nitrogens with one attached hydrogen (secondary N) is 1. The summed E-state index contributed by atoms with van der Waals surface area (Å²) in [5.74, 6) is 0.639. The molecule has 1 aromatic heterocycles. The van der Waals surface area contributed by atoms with Gasteiger partial charge in [0.25, 0.3) is 5.91 Å². The number of carbonyl (C=O) groups excluding carboxylic acids is 1. The van der Waals surface area contributed by atoms with Gasteiger partial charge in [-0.25, -0.2) is 4.68 Å². The zero-order valence-corrected chi connectivity index (χ0v) is 25.8. The number of hydrogen-bond acceptors (Lipinski definition) is 7. The van der Waals surface area contributed by atoms with E-state index < -0.39 is 18.3 Å². The summed E-state index contributed by atoms with van der Waals surface area (Å²) in [6.45, 7) is 2.02. The van der Waals surface area contributed by atoms with Gasteiger partial charge in [0.15, 0.2) is 17.5 Å². The number of alkyl halides is 3. The number of ether oxygens (including phenoxy) is 3. The highest BCUT2D eigenvalue weighted by Crippen LogP contribution is 2.47. The van der Waals surface area contributed by atoms with E-state index in [2.05, 4.69) is 39.6 Å². The third-order valence-electron chi connectivity index (χ3n) is 8.76. The van der Waals surface area contributed by atoms with E-state index >= 15 is 0 Å². The summed E-state index contributed by atoms with van der Waals surface area (Å²) in [6, 6.07) is 20.9. The molecule has 1 amide bonds. The molecule has 2 atom stereocenters. The van der Waals surface area contributed by atoms with Crippen LogP contribution in [0.25, 0.3) is 0 Å². The molecule has 1 fully saturated rings. The molecule has 1 saturated heterocycles. The summed E-state index contributed by atoms with van der Waals surface area (Å²) >= 11 is 0. The molecular weight excluding hydrogens is 599 g/mol. The number of fused-ring (bicyclic) bond motifs is 1. The van der Waals surface area contributed by atoms with Crippen LogP contribution in [0.15, 0.2) is 79.0 Å². The molecule has 12 heteroatoms. The average Bonchev–Trinajstić information content (AvgIpc) is 3.51. The minimum atomic E-state index is -4.60. The first-order valence-corrected chi connectivity index (χ1v) is 15.1. The predicted molar refractivity (Wildman–Crippen MR) is 167 cm³/mol. The van der Waals surface area contributed by atoms with E-state index in [9.17, 15) is 18.0 Å². The number of amides is 1. The highest BCUT2D eigenvalue weighted by Gasteiger charge is 2.48. The molecule has 242 valence electrons. The van der Waals surface area contributed by atoms with Gasteiger partial charge in [-0.3, -0.25) is 9.69 Å². The Balaban J connectivity index is 1.26. The van der Waals surface area contributed by atoms with Crippen LogP contribution in [0.4, 0.5) is 19.0 Å². The number of carbonyl (C=O) groups is 1. The Morgan fingerprint density at radius 2 is 1.43 bits per heavy atom. The predicted octanol–water partition coefficient (Wildman–Crippen LogP) is 6.12. The van der Waals surface area contributed by atoms with Crippen LogP contribution in [0.2, 0.25) is 0 Å². The Labute approximate surface area is 265 Å². The standard InChI is InChI=1S/C34H36F3N5O4/c1-44-27-18-24(19-28(45-2)31(27)46-3)26-20-29(34(35,36)37)42-32(39-26)25(21-38-42)33(43)41-16-14-40(15-17-41)30(22-10-6-4-7-11-22)23-12-8-5-9-13-23/h4-13,18-19,21,26,29-30,39H,14-17,20H2,1-3H3/t26-,29-/m1/s1. The number of piperazine rings is 1. The Bertz CT molecular complexity index is 1590. The quantitative estimate of drug-likeness (QED) is 0.250. The molecule has 3 aromatic carbocycles. The van der Waals surface area contributed by atoms with Gasteiger partial charge in [-0.2, -0.15) is 18.3 Å². The molecule has 1 N–H and O–H groups in total. The maximum absolute atomic E-state index is 14.4. The fourth-order valence-corrected chi connectivity index (χ4v) is 6.48. The summed E-state index contributed by atoms with van der Waals surface area (Å²) in [4.78, 5) is 17.9. The second-order valence-electron chi connectivity index (χ2n) is 11.4. The molecule has 2 aliphatic rings. The number of benzene rings is 3. The van der Waals surface area contributed by atoms with Crippen LogP contribution >= 0.6 is 0 Å². The molecule has 6 rings (SSSR count). The van der Waals surface area contributed by atoms with Gasteiger partial charge in [0.05, 0.1) is 39.6 Å². The summed E-state index contributed by atoms with van der Waals surface area (Å²) in [7, 11) is 4.35. The van der Waals surface area contributed by atoms with Gasteiger partial charge in [-0.1, -0.05) is 60.7 Å². The fraction of sp³-hybridized carbons (Fsp3) is 0.353. The van der Waals surface area contributed by atoms with Gasteiger partial charge >= 0.3 is 6.18 Å².